The fourth-order valence-corrected chi connectivity index (χ4v) is 11.9. The molecule has 0 aromatic carbocycles. The van der Waals surface area contributed by atoms with Crippen LogP contribution in [0.2, 0.25) is 0 Å². The molecule has 2 atom stereocenters. The Morgan fingerprint density at radius 3 is 0.921 bits per heavy atom. The molecule has 0 rings (SSSR count). The zero-order valence-corrected chi connectivity index (χ0v) is 59.3. The molecular formula is C79H144NO8P. The van der Waals surface area contributed by atoms with Gasteiger partial charge in [0.05, 0.1) is 13.2 Å². The Balaban J connectivity index is 3.77. The Bertz CT molecular complexity index is 1740. The summed E-state index contributed by atoms with van der Waals surface area (Å²) >= 11 is 0. The van der Waals surface area contributed by atoms with Crippen molar-refractivity contribution in [1.82, 2.24) is 0 Å². The molecule has 0 aliphatic rings. The van der Waals surface area contributed by atoms with E-state index in [9.17, 15) is 19.0 Å². The molecule has 0 spiro atoms. The summed E-state index contributed by atoms with van der Waals surface area (Å²) in [7, 11) is -4.40. The number of carbonyl (C=O) groups excluding carboxylic acids is 2. The first-order chi connectivity index (χ1) is 43.8. The van der Waals surface area contributed by atoms with Crippen LogP contribution >= 0.6 is 7.82 Å². The van der Waals surface area contributed by atoms with Crippen LogP contribution in [0.1, 0.15) is 373 Å². The van der Waals surface area contributed by atoms with Crippen LogP contribution in [-0.4, -0.2) is 49.3 Å². The van der Waals surface area contributed by atoms with Crippen molar-refractivity contribution >= 4 is 19.8 Å². The van der Waals surface area contributed by atoms with E-state index in [1.54, 1.807) is 0 Å². The zero-order valence-electron chi connectivity index (χ0n) is 58.4. The number of esters is 2. The fourth-order valence-electron chi connectivity index (χ4n) is 11.2. The van der Waals surface area contributed by atoms with Crippen molar-refractivity contribution in [3.05, 3.63) is 85.1 Å². The topological polar surface area (TPSA) is 134 Å². The summed E-state index contributed by atoms with van der Waals surface area (Å²) in [5.74, 6) is -0.809. The molecule has 89 heavy (non-hydrogen) atoms. The third kappa shape index (κ3) is 74.1. The lowest BCUT2D eigenvalue weighted by Gasteiger charge is -2.19. The van der Waals surface area contributed by atoms with Crippen LogP contribution in [-0.2, 0) is 32.7 Å². The molecule has 0 bridgehead atoms. The lowest BCUT2D eigenvalue weighted by atomic mass is 10.0. The fraction of sp³-hybridized carbons (Fsp3) is 0.797. The molecule has 0 amide bonds. The Labute approximate surface area is 551 Å². The van der Waals surface area contributed by atoms with Gasteiger partial charge in [-0.2, -0.15) is 0 Å². The molecule has 2 unspecified atom stereocenters. The zero-order chi connectivity index (χ0) is 64.4. The number of nitrogens with two attached hydrogens (primary N) is 1. The quantitative estimate of drug-likeness (QED) is 0.0264. The molecule has 0 heterocycles. The van der Waals surface area contributed by atoms with E-state index in [-0.39, 0.29) is 38.6 Å². The normalized spacial score (nSPS) is 13.3. The highest BCUT2D eigenvalue weighted by atomic mass is 31.2. The van der Waals surface area contributed by atoms with E-state index < -0.39 is 26.5 Å². The lowest BCUT2D eigenvalue weighted by molar-refractivity contribution is -0.161. The maximum atomic E-state index is 12.8. The van der Waals surface area contributed by atoms with Gasteiger partial charge in [0, 0.05) is 19.4 Å². The van der Waals surface area contributed by atoms with Gasteiger partial charge >= 0.3 is 19.8 Å². The number of carbonyl (C=O) groups is 2. The third-order valence-corrected chi connectivity index (χ3v) is 17.7. The molecule has 9 nitrogen and oxygen atoms in total. The molecule has 0 radical (unpaired) electrons. The van der Waals surface area contributed by atoms with Crippen LogP contribution in [0.4, 0.5) is 0 Å². The molecule has 0 saturated carbocycles. The second-order valence-electron chi connectivity index (χ2n) is 25.5. The van der Waals surface area contributed by atoms with Gasteiger partial charge in [-0.05, 0) is 89.9 Å². The summed E-state index contributed by atoms with van der Waals surface area (Å²) in [5.41, 5.74) is 5.41. The maximum absolute atomic E-state index is 12.8. The number of hydrogen-bond donors (Lipinski definition) is 2. The standard InChI is InChI=1S/C79H144NO8P/c1-3-5-7-9-11-13-15-17-19-21-23-25-27-29-31-32-33-34-35-36-37-38-39-40-41-42-43-44-46-48-50-52-54-56-58-60-62-64-66-68-70-72-79(82)88-77(76-87-89(83,84)86-74-73-80)75-85-78(81)71-69-67-65-63-61-59-57-55-53-51-49-47-45-30-28-26-24-22-20-18-16-14-12-10-8-6-4-2/h5,7,11,13,16-19,22-25,29,31,77H,3-4,6,8-10,12,14-15,20-21,26-28,30,32-76,80H2,1-2H3,(H,83,84)/b7-5-,13-11-,18-16-,19-17-,24-22-,25-23-,31-29-. The minimum absolute atomic E-state index is 0.0540. The minimum Gasteiger partial charge on any atom is -0.462 e. The Hall–Kier alpha value is -2.81. The number of allylic oxidation sites excluding steroid dienone is 14. The first kappa shape index (κ1) is 86.2. The predicted molar refractivity (Wildman–Crippen MR) is 386 cm³/mol. The van der Waals surface area contributed by atoms with Crippen molar-refractivity contribution in [3.8, 4) is 0 Å². The summed E-state index contributed by atoms with van der Waals surface area (Å²) in [5, 5.41) is 0. The van der Waals surface area contributed by atoms with Gasteiger partial charge in [-0.15, -0.1) is 0 Å². The first-order valence-corrected chi connectivity index (χ1v) is 39.6. The van der Waals surface area contributed by atoms with E-state index in [1.165, 1.54) is 270 Å². The molecule has 3 N–H and O–H groups in total. The molecule has 0 saturated heterocycles. The van der Waals surface area contributed by atoms with E-state index in [0.29, 0.717) is 6.42 Å². The SMILES string of the molecule is CC/C=C\C/C=C\C/C=C\C/C=C\C/C=C\CCCCCCCCCCCCCCCCCCCCCCCCCCCC(=O)OC(COC(=O)CCCCCCCCCCCCCCCCC/C=C\C/C=C\CCCCCCC)COP(=O)(O)OCCN. The van der Waals surface area contributed by atoms with Crippen LogP contribution in [0.3, 0.4) is 0 Å². The van der Waals surface area contributed by atoms with Gasteiger partial charge in [-0.25, -0.2) is 4.57 Å². The van der Waals surface area contributed by atoms with Crippen molar-refractivity contribution in [1.29, 1.82) is 0 Å². The maximum Gasteiger partial charge on any atom is 0.472 e. The Morgan fingerprint density at radius 1 is 0.348 bits per heavy atom. The van der Waals surface area contributed by atoms with Crippen LogP contribution in [0.5, 0.6) is 0 Å². The second kappa shape index (κ2) is 74.2. The number of ether oxygens (including phenoxy) is 2. The second-order valence-corrected chi connectivity index (χ2v) is 26.9. The van der Waals surface area contributed by atoms with Crippen LogP contribution in [0.15, 0.2) is 85.1 Å². The Kier molecular flexibility index (Phi) is 71.9. The molecule has 0 aromatic rings. The van der Waals surface area contributed by atoms with E-state index in [4.69, 9.17) is 24.3 Å². The molecule has 10 heteroatoms. The summed E-state index contributed by atoms with van der Waals surface area (Å²) in [6.45, 7) is 3.68. The number of hydrogen-bond acceptors (Lipinski definition) is 8. The third-order valence-electron chi connectivity index (χ3n) is 16.8. The summed E-state index contributed by atoms with van der Waals surface area (Å²) in [6, 6.07) is 0. The number of unbranched alkanes of at least 4 members (excludes halogenated alkanes) is 45. The van der Waals surface area contributed by atoms with Gasteiger partial charge in [-0.3, -0.25) is 18.6 Å². The van der Waals surface area contributed by atoms with Gasteiger partial charge in [-0.1, -0.05) is 356 Å². The molecule has 518 valence electrons. The van der Waals surface area contributed by atoms with Crippen molar-refractivity contribution in [2.24, 2.45) is 5.73 Å². The highest BCUT2D eigenvalue weighted by Crippen LogP contribution is 2.43. The molecule has 0 aliphatic carbocycles. The van der Waals surface area contributed by atoms with Gasteiger partial charge in [0.1, 0.15) is 6.61 Å². The van der Waals surface area contributed by atoms with E-state index >= 15 is 0 Å². The number of phosphoric acid groups is 1. The van der Waals surface area contributed by atoms with E-state index in [1.807, 2.05) is 0 Å². The van der Waals surface area contributed by atoms with Gasteiger partial charge in [0.2, 0.25) is 0 Å². The van der Waals surface area contributed by atoms with Crippen LogP contribution < -0.4 is 5.73 Å². The summed E-state index contributed by atoms with van der Waals surface area (Å²) in [6.07, 6.45) is 99.9. The average molecular weight is 1270 g/mol. The number of phosphoric ester groups is 1. The predicted octanol–water partition coefficient (Wildman–Crippen LogP) is 25.3. The van der Waals surface area contributed by atoms with Gasteiger partial charge in [0.25, 0.3) is 0 Å². The van der Waals surface area contributed by atoms with Crippen molar-refractivity contribution in [2.75, 3.05) is 26.4 Å². The monoisotopic (exact) mass is 1270 g/mol. The highest BCUT2D eigenvalue weighted by Gasteiger charge is 2.26. The van der Waals surface area contributed by atoms with Gasteiger partial charge in [0.15, 0.2) is 6.10 Å². The molecule has 0 aliphatic heterocycles. The average Bonchev–Trinajstić information content (AvgIpc) is 3.58. The smallest absolute Gasteiger partial charge is 0.462 e. The Morgan fingerprint density at radius 2 is 0.618 bits per heavy atom. The highest BCUT2D eigenvalue weighted by molar-refractivity contribution is 7.47. The summed E-state index contributed by atoms with van der Waals surface area (Å²) < 4.78 is 33.2. The first-order valence-electron chi connectivity index (χ1n) is 38.1. The lowest BCUT2D eigenvalue weighted by Crippen LogP contribution is -2.29. The van der Waals surface area contributed by atoms with Crippen molar-refractivity contribution in [2.45, 2.75) is 380 Å². The van der Waals surface area contributed by atoms with E-state index in [2.05, 4.69) is 98.9 Å². The van der Waals surface area contributed by atoms with Crippen LogP contribution in [0.25, 0.3) is 0 Å². The molecule has 0 aromatic heterocycles. The largest absolute Gasteiger partial charge is 0.472 e. The minimum atomic E-state index is -4.40. The van der Waals surface area contributed by atoms with E-state index in [0.717, 1.165) is 70.6 Å². The van der Waals surface area contributed by atoms with Crippen molar-refractivity contribution < 1.29 is 37.6 Å². The van der Waals surface area contributed by atoms with Crippen molar-refractivity contribution in [3.63, 3.8) is 0 Å². The van der Waals surface area contributed by atoms with Gasteiger partial charge < -0.3 is 20.1 Å². The molecular weight excluding hydrogens is 1120 g/mol. The van der Waals surface area contributed by atoms with Crippen LogP contribution in [0, 0.1) is 0 Å². The molecule has 0 fully saturated rings. The number of rotatable bonds is 72. The summed E-state index contributed by atoms with van der Waals surface area (Å²) in [4.78, 5) is 35.4.